The van der Waals surface area contributed by atoms with E-state index in [0.29, 0.717) is 5.75 Å². The van der Waals surface area contributed by atoms with Crippen LogP contribution in [0.3, 0.4) is 0 Å². The SMILES string of the molecule is O[C@@H](CCl)COc1ccc(F)cc1. The minimum absolute atomic E-state index is 0.120. The number of ether oxygens (including phenoxy) is 1. The molecule has 1 aromatic rings. The first-order valence-corrected chi connectivity index (χ1v) is 4.38. The number of alkyl halides is 1. The first-order valence-electron chi connectivity index (χ1n) is 3.85. The maximum Gasteiger partial charge on any atom is 0.123 e. The van der Waals surface area contributed by atoms with E-state index < -0.39 is 6.10 Å². The van der Waals surface area contributed by atoms with E-state index in [-0.39, 0.29) is 18.3 Å². The molecule has 0 radical (unpaired) electrons. The Labute approximate surface area is 80.9 Å². The smallest absolute Gasteiger partial charge is 0.123 e. The van der Waals surface area contributed by atoms with Crippen LogP contribution in [-0.2, 0) is 0 Å². The standard InChI is InChI=1S/C9H10ClFO2/c10-5-8(12)6-13-9-3-1-7(11)2-4-9/h1-4,8,12H,5-6H2/t8-/m0/s1. The molecule has 2 nitrogen and oxygen atoms in total. The van der Waals surface area contributed by atoms with E-state index in [1.54, 1.807) is 0 Å². The molecule has 0 unspecified atom stereocenters. The molecule has 0 amide bonds. The summed E-state index contributed by atoms with van der Waals surface area (Å²) in [5.74, 6) is 0.331. The van der Waals surface area contributed by atoms with Gasteiger partial charge in [-0.25, -0.2) is 4.39 Å². The lowest BCUT2D eigenvalue weighted by molar-refractivity contribution is 0.125. The van der Waals surface area contributed by atoms with Crippen LogP contribution in [0.2, 0.25) is 0 Å². The second-order valence-corrected chi connectivity index (χ2v) is 2.88. The number of aliphatic hydroxyl groups excluding tert-OH is 1. The van der Waals surface area contributed by atoms with Crippen LogP contribution >= 0.6 is 11.6 Å². The van der Waals surface area contributed by atoms with Gasteiger partial charge in [-0.3, -0.25) is 0 Å². The third kappa shape index (κ3) is 3.61. The van der Waals surface area contributed by atoms with Crippen molar-refractivity contribution < 1.29 is 14.2 Å². The maximum absolute atomic E-state index is 12.4. The second kappa shape index (κ2) is 5.04. The Kier molecular flexibility index (Phi) is 3.99. The molecule has 0 fully saturated rings. The fourth-order valence-corrected chi connectivity index (χ4v) is 0.857. The number of hydrogen-bond acceptors (Lipinski definition) is 2. The molecular formula is C9H10ClFO2. The molecule has 0 saturated heterocycles. The molecule has 0 spiro atoms. The van der Waals surface area contributed by atoms with Crippen LogP contribution < -0.4 is 4.74 Å². The van der Waals surface area contributed by atoms with Gasteiger partial charge in [-0.2, -0.15) is 0 Å². The van der Waals surface area contributed by atoms with Gasteiger partial charge >= 0.3 is 0 Å². The minimum Gasteiger partial charge on any atom is -0.491 e. The topological polar surface area (TPSA) is 29.5 Å². The van der Waals surface area contributed by atoms with Crippen molar-refractivity contribution in [3.05, 3.63) is 30.1 Å². The molecule has 4 heteroatoms. The minimum atomic E-state index is -0.688. The van der Waals surface area contributed by atoms with E-state index in [4.69, 9.17) is 21.4 Å². The Morgan fingerprint density at radius 1 is 1.38 bits per heavy atom. The van der Waals surface area contributed by atoms with Crippen LogP contribution in [-0.4, -0.2) is 23.7 Å². The third-order valence-electron chi connectivity index (χ3n) is 1.43. The first kappa shape index (κ1) is 10.3. The summed E-state index contributed by atoms with van der Waals surface area (Å²) in [6, 6.07) is 5.58. The zero-order chi connectivity index (χ0) is 9.68. The molecular weight excluding hydrogens is 195 g/mol. The largest absolute Gasteiger partial charge is 0.491 e. The Morgan fingerprint density at radius 2 is 2.00 bits per heavy atom. The monoisotopic (exact) mass is 204 g/mol. The number of hydrogen-bond donors (Lipinski definition) is 1. The van der Waals surface area contributed by atoms with E-state index in [2.05, 4.69) is 0 Å². The summed E-state index contributed by atoms with van der Waals surface area (Å²) in [4.78, 5) is 0. The molecule has 0 aliphatic carbocycles. The summed E-state index contributed by atoms with van der Waals surface area (Å²) in [6.07, 6.45) is -0.688. The van der Waals surface area contributed by atoms with E-state index >= 15 is 0 Å². The van der Waals surface area contributed by atoms with Gasteiger partial charge < -0.3 is 9.84 Å². The van der Waals surface area contributed by atoms with Gasteiger partial charge in [0.05, 0.1) is 5.88 Å². The summed E-state index contributed by atoms with van der Waals surface area (Å²) < 4.78 is 17.5. The Hall–Kier alpha value is -0.800. The molecule has 0 aromatic heterocycles. The van der Waals surface area contributed by atoms with Crippen molar-refractivity contribution in [3.63, 3.8) is 0 Å². The zero-order valence-electron chi connectivity index (χ0n) is 6.91. The quantitative estimate of drug-likeness (QED) is 0.758. The average Bonchev–Trinajstić information content (AvgIpc) is 2.16. The fraction of sp³-hybridized carbons (Fsp3) is 0.333. The molecule has 13 heavy (non-hydrogen) atoms. The first-order chi connectivity index (χ1) is 6.22. The molecule has 0 bridgehead atoms. The number of benzene rings is 1. The maximum atomic E-state index is 12.4. The van der Waals surface area contributed by atoms with E-state index in [9.17, 15) is 4.39 Å². The van der Waals surface area contributed by atoms with Gasteiger partial charge in [-0.15, -0.1) is 11.6 Å². The van der Waals surface area contributed by atoms with Crippen molar-refractivity contribution >= 4 is 11.6 Å². The van der Waals surface area contributed by atoms with Crippen molar-refractivity contribution in [3.8, 4) is 5.75 Å². The lowest BCUT2D eigenvalue weighted by Crippen LogP contribution is -2.18. The average molecular weight is 205 g/mol. The predicted molar refractivity (Wildman–Crippen MR) is 48.6 cm³/mol. The fourth-order valence-electron chi connectivity index (χ4n) is 0.768. The van der Waals surface area contributed by atoms with E-state index in [1.807, 2.05) is 0 Å². The summed E-state index contributed by atoms with van der Waals surface area (Å²) >= 11 is 5.35. The molecule has 0 aliphatic heterocycles. The predicted octanol–water partition coefficient (Wildman–Crippen LogP) is 1.80. The van der Waals surface area contributed by atoms with Crippen LogP contribution in [0, 0.1) is 5.82 Å². The highest BCUT2D eigenvalue weighted by Gasteiger charge is 2.02. The molecule has 1 aromatic carbocycles. The van der Waals surface area contributed by atoms with Gasteiger partial charge in [0.25, 0.3) is 0 Å². The highest BCUT2D eigenvalue weighted by atomic mass is 35.5. The van der Waals surface area contributed by atoms with Crippen LogP contribution in [0.1, 0.15) is 0 Å². The van der Waals surface area contributed by atoms with Crippen molar-refractivity contribution in [2.75, 3.05) is 12.5 Å². The number of aliphatic hydroxyl groups is 1. The van der Waals surface area contributed by atoms with Gasteiger partial charge in [0.15, 0.2) is 0 Å². The van der Waals surface area contributed by atoms with Crippen LogP contribution in [0.5, 0.6) is 5.75 Å². The lowest BCUT2D eigenvalue weighted by atomic mass is 10.3. The summed E-state index contributed by atoms with van der Waals surface area (Å²) in [7, 11) is 0. The highest BCUT2D eigenvalue weighted by molar-refractivity contribution is 6.18. The Morgan fingerprint density at radius 3 is 2.54 bits per heavy atom. The van der Waals surface area contributed by atoms with Crippen molar-refractivity contribution in [2.24, 2.45) is 0 Å². The van der Waals surface area contributed by atoms with Crippen LogP contribution in [0.25, 0.3) is 0 Å². The third-order valence-corrected chi connectivity index (χ3v) is 1.79. The van der Waals surface area contributed by atoms with Gasteiger partial charge in [0.2, 0.25) is 0 Å². The summed E-state index contributed by atoms with van der Waals surface area (Å²) in [5, 5.41) is 9.04. The van der Waals surface area contributed by atoms with E-state index in [0.717, 1.165) is 0 Å². The van der Waals surface area contributed by atoms with Gasteiger partial charge in [0.1, 0.15) is 24.3 Å². The van der Waals surface area contributed by atoms with Crippen LogP contribution in [0.4, 0.5) is 4.39 Å². The summed E-state index contributed by atoms with van der Waals surface area (Å²) in [6.45, 7) is 0.120. The molecule has 0 saturated carbocycles. The zero-order valence-corrected chi connectivity index (χ0v) is 7.67. The molecule has 0 heterocycles. The molecule has 0 aliphatic rings. The van der Waals surface area contributed by atoms with Crippen molar-refractivity contribution in [2.45, 2.75) is 6.10 Å². The molecule has 1 N–H and O–H groups in total. The molecule has 72 valence electrons. The molecule has 1 atom stereocenters. The van der Waals surface area contributed by atoms with Crippen molar-refractivity contribution in [1.82, 2.24) is 0 Å². The summed E-state index contributed by atoms with van der Waals surface area (Å²) in [5.41, 5.74) is 0. The van der Waals surface area contributed by atoms with Crippen LogP contribution in [0.15, 0.2) is 24.3 Å². The van der Waals surface area contributed by atoms with Gasteiger partial charge in [0, 0.05) is 0 Å². The van der Waals surface area contributed by atoms with Gasteiger partial charge in [-0.05, 0) is 24.3 Å². The second-order valence-electron chi connectivity index (χ2n) is 2.57. The van der Waals surface area contributed by atoms with Crippen molar-refractivity contribution in [1.29, 1.82) is 0 Å². The Balaban J connectivity index is 2.41. The highest BCUT2D eigenvalue weighted by Crippen LogP contribution is 2.11. The normalized spacial score (nSPS) is 12.5. The Bertz CT molecular complexity index is 250. The number of rotatable bonds is 4. The van der Waals surface area contributed by atoms with E-state index in [1.165, 1.54) is 24.3 Å². The van der Waals surface area contributed by atoms with Gasteiger partial charge in [-0.1, -0.05) is 0 Å². The lowest BCUT2D eigenvalue weighted by Gasteiger charge is -2.08. The number of halogens is 2. The molecule has 1 rings (SSSR count).